The van der Waals surface area contributed by atoms with E-state index in [-0.39, 0.29) is 5.91 Å². The van der Waals surface area contributed by atoms with E-state index >= 15 is 0 Å². The molecule has 3 rings (SSSR count). The number of rotatable bonds is 6. The van der Waals surface area contributed by atoms with Crippen molar-refractivity contribution in [2.24, 2.45) is 0 Å². The summed E-state index contributed by atoms with van der Waals surface area (Å²) in [5.74, 6) is 1.97. The monoisotopic (exact) mass is 330 g/mol. The molecule has 8 heteroatoms. The van der Waals surface area contributed by atoms with Crippen molar-refractivity contribution in [3.05, 3.63) is 30.2 Å². The highest BCUT2D eigenvalue weighted by Crippen LogP contribution is 2.16. The van der Waals surface area contributed by atoms with Crippen LogP contribution in [0.25, 0.3) is 0 Å². The van der Waals surface area contributed by atoms with Crippen LogP contribution >= 0.6 is 0 Å². The van der Waals surface area contributed by atoms with Crippen LogP contribution in [0, 0.1) is 6.92 Å². The van der Waals surface area contributed by atoms with Gasteiger partial charge in [0.1, 0.15) is 5.76 Å². The molecule has 2 N–H and O–H groups in total. The number of nitrogens with one attached hydrogen (secondary N) is 2. The average Bonchev–Trinajstić information content (AvgIpc) is 3.01. The van der Waals surface area contributed by atoms with E-state index in [4.69, 9.17) is 4.52 Å². The Morgan fingerprint density at radius 3 is 3.17 bits per heavy atom. The van der Waals surface area contributed by atoms with Crippen molar-refractivity contribution in [3.8, 4) is 0 Å². The summed E-state index contributed by atoms with van der Waals surface area (Å²) in [5, 5.41) is 18.0. The fourth-order valence-corrected chi connectivity index (χ4v) is 2.83. The first-order valence-electron chi connectivity index (χ1n) is 8.20. The number of aromatic nitrogens is 3. The van der Waals surface area contributed by atoms with Gasteiger partial charge in [-0.3, -0.25) is 4.79 Å². The predicted molar refractivity (Wildman–Crippen MR) is 89.8 cm³/mol. The van der Waals surface area contributed by atoms with Gasteiger partial charge >= 0.3 is 0 Å². The number of anilines is 2. The third-order valence-corrected chi connectivity index (χ3v) is 3.98. The molecule has 1 fully saturated rings. The van der Waals surface area contributed by atoms with Crippen LogP contribution in [0.2, 0.25) is 0 Å². The van der Waals surface area contributed by atoms with Gasteiger partial charge < -0.3 is 20.1 Å². The summed E-state index contributed by atoms with van der Waals surface area (Å²) in [6.45, 7) is 4.28. The van der Waals surface area contributed by atoms with Crippen molar-refractivity contribution in [1.29, 1.82) is 0 Å². The summed E-state index contributed by atoms with van der Waals surface area (Å²) in [4.78, 5) is 14.1. The third kappa shape index (κ3) is 4.51. The van der Waals surface area contributed by atoms with Crippen LogP contribution < -0.4 is 15.5 Å². The largest absolute Gasteiger partial charge is 0.360 e. The molecule has 1 unspecified atom stereocenters. The van der Waals surface area contributed by atoms with Crippen LogP contribution in [-0.4, -0.2) is 46.9 Å². The minimum absolute atomic E-state index is 0.0719. The predicted octanol–water partition coefficient (Wildman–Crippen LogP) is 1.36. The second-order valence-corrected chi connectivity index (χ2v) is 5.94. The summed E-state index contributed by atoms with van der Waals surface area (Å²) < 4.78 is 4.92. The normalized spacial score (nSPS) is 17.7. The highest BCUT2D eigenvalue weighted by molar-refractivity contribution is 5.89. The van der Waals surface area contributed by atoms with Crippen LogP contribution in [0.3, 0.4) is 0 Å². The summed E-state index contributed by atoms with van der Waals surface area (Å²) in [6.07, 6.45) is 4.27. The molecule has 24 heavy (non-hydrogen) atoms. The Labute approximate surface area is 140 Å². The van der Waals surface area contributed by atoms with Gasteiger partial charge in [0.2, 0.25) is 5.91 Å². The molecule has 0 bridgehead atoms. The molecular weight excluding hydrogens is 308 g/mol. The van der Waals surface area contributed by atoms with Crippen molar-refractivity contribution in [2.75, 3.05) is 29.9 Å². The fraction of sp³-hybridized carbons (Fsp3) is 0.500. The maximum Gasteiger partial charge on any atom is 0.226 e. The number of piperidine rings is 1. The molecule has 3 heterocycles. The van der Waals surface area contributed by atoms with Crippen LogP contribution in [0.1, 0.15) is 25.0 Å². The lowest BCUT2D eigenvalue weighted by Gasteiger charge is -2.33. The van der Waals surface area contributed by atoms with Crippen molar-refractivity contribution in [1.82, 2.24) is 20.7 Å². The highest BCUT2D eigenvalue weighted by Gasteiger charge is 2.20. The summed E-state index contributed by atoms with van der Waals surface area (Å²) >= 11 is 0. The van der Waals surface area contributed by atoms with Crippen LogP contribution in [0.15, 0.2) is 28.9 Å². The molecule has 0 saturated carbocycles. The number of hydrogen-bond acceptors (Lipinski definition) is 7. The van der Waals surface area contributed by atoms with Crippen LogP contribution in [0.5, 0.6) is 0 Å². The summed E-state index contributed by atoms with van der Waals surface area (Å²) in [6, 6.07) is 5.92. The van der Waals surface area contributed by atoms with E-state index in [1.807, 2.05) is 12.1 Å². The quantitative estimate of drug-likeness (QED) is 0.825. The number of carbonyl (C=O) groups is 1. The molecule has 2 aromatic rings. The van der Waals surface area contributed by atoms with E-state index in [0.717, 1.165) is 31.7 Å². The van der Waals surface area contributed by atoms with Gasteiger partial charge in [0.05, 0.1) is 0 Å². The molecule has 0 spiro atoms. The molecule has 2 aromatic heterocycles. The zero-order valence-corrected chi connectivity index (χ0v) is 13.7. The number of carbonyl (C=O) groups excluding carboxylic acids is 1. The summed E-state index contributed by atoms with van der Waals surface area (Å²) in [5.41, 5.74) is 0. The SMILES string of the molecule is Cc1cc(NC(=O)CCNC2CCCN(c3cccnn3)C2)no1. The Bertz CT molecular complexity index is 660. The number of nitrogens with zero attached hydrogens (tertiary/aromatic N) is 4. The first-order chi connectivity index (χ1) is 11.7. The summed E-state index contributed by atoms with van der Waals surface area (Å²) in [7, 11) is 0. The van der Waals surface area contributed by atoms with Crippen LogP contribution in [-0.2, 0) is 4.79 Å². The maximum atomic E-state index is 11.9. The van der Waals surface area contributed by atoms with Gasteiger partial charge in [0, 0.05) is 44.4 Å². The molecule has 1 aliphatic heterocycles. The lowest BCUT2D eigenvalue weighted by molar-refractivity contribution is -0.116. The number of amides is 1. The molecule has 0 aromatic carbocycles. The van der Waals surface area contributed by atoms with Crippen molar-refractivity contribution in [3.63, 3.8) is 0 Å². The second-order valence-electron chi connectivity index (χ2n) is 5.94. The Morgan fingerprint density at radius 1 is 1.50 bits per heavy atom. The lowest BCUT2D eigenvalue weighted by Crippen LogP contribution is -2.46. The van der Waals surface area contributed by atoms with Crippen molar-refractivity contribution in [2.45, 2.75) is 32.2 Å². The van der Waals surface area contributed by atoms with E-state index in [9.17, 15) is 4.79 Å². The molecule has 1 aliphatic rings. The average molecular weight is 330 g/mol. The first kappa shape index (κ1) is 16.4. The van der Waals surface area contributed by atoms with Gasteiger partial charge in [-0.1, -0.05) is 5.16 Å². The Balaban J connectivity index is 1.40. The minimum atomic E-state index is -0.0719. The Kier molecular flexibility index (Phi) is 5.37. The molecule has 1 amide bonds. The van der Waals surface area contributed by atoms with Gasteiger partial charge in [0.25, 0.3) is 0 Å². The topological polar surface area (TPSA) is 96.2 Å². The van der Waals surface area contributed by atoms with E-state index in [0.29, 0.717) is 30.6 Å². The van der Waals surface area contributed by atoms with Crippen LogP contribution in [0.4, 0.5) is 11.6 Å². The Morgan fingerprint density at radius 2 is 2.42 bits per heavy atom. The van der Waals surface area contributed by atoms with Crippen molar-refractivity contribution >= 4 is 17.5 Å². The van der Waals surface area contributed by atoms with Gasteiger partial charge in [-0.25, -0.2) is 0 Å². The van der Waals surface area contributed by atoms with Gasteiger partial charge in [0.15, 0.2) is 11.6 Å². The highest BCUT2D eigenvalue weighted by atomic mass is 16.5. The molecule has 8 nitrogen and oxygen atoms in total. The molecular formula is C16H22N6O2. The molecule has 1 saturated heterocycles. The van der Waals surface area contributed by atoms with Gasteiger partial charge in [-0.05, 0) is 31.9 Å². The molecule has 128 valence electrons. The Hall–Kier alpha value is -2.48. The van der Waals surface area contributed by atoms with Gasteiger partial charge in [-0.2, -0.15) is 5.10 Å². The zero-order chi connectivity index (χ0) is 16.8. The van der Waals surface area contributed by atoms with E-state index in [1.54, 1.807) is 19.2 Å². The van der Waals surface area contributed by atoms with Crippen molar-refractivity contribution < 1.29 is 9.32 Å². The smallest absolute Gasteiger partial charge is 0.226 e. The third-order valence-electron chi connectivity index (χ3n) is 3.98. The molecule has 0 aliphatic carbocycles. The zero-order valence-electron chi connectivity index (χ0n) is 13.7. The van der Waals surface area contributed by atoms with E-state index in [1.165, 1.54) is 0 Å². The lowest BCUT2D eigenvalue weighted by atomic mass is 10.1. The standard InChI is InChI=1S/C16H22N6O2/c1-12-10-14(21-24-12)19-16(23)6-8-17-13-4-3-9-22(11-13)15-5-2-7-18-20-15/h2,5,7,10,13,17H,3-4,6,8-9,11H2,1H3,(H,19,21,23). The second kappa shape index (κ2) is 7.87. The number of hydrogen-bond donors (Lipinski definition) is 2. The minimum Gasteiger partial charge on any atom is -0.360 e. The van der Waals surface area contributed by atoms with Gasteiger partial charge in [-0.15, -0.1) is 5.10 Å². The fourth-order valence-electron chi connectivity index (χ4n) is 2.83. The molecule has 1 atom stereocenters. The van der Waals surface area contributed by atoms with E-state index < -0.39 is 0 Å². The maximum absolute atomic E-state index is 11.9. The molecule has 0 radical (unpaired) electrons. The van der Waals surface area contributed by atoms with E-state index in [2.05, 4.69) is 30.9 Å². The first-order valence-corrected chi connectivity index (χ1v) is 8.20. The number of aryl methyl sites for hydroxylation is 1.